The molecule has 0 saturated heterocycles. The highest BCUT2D eigenvalue weighted by molar-refractivity contribution is 5.97. The summed E-state index contributed by atoms with van der Waals surface area (Å²) in [5, 5.41) is 8.21. The third kappa shape index (κ3) is 2.74. The van der Waals surface area contributed by atoms with E-state index in [0.717, 1.165) is 16.8 Å². The highest BCUT2D eigenvalue weighted by Gasteiger charge is 2.18. The van der Waals surface area contributed by atoms with Gasteiger partial charge in [-0.3, -0.25) is 4.79 Å². The molecule has 0 radical (unpaired) electrons. The molecule has 0 N–H and O–H groups in total. The number of benzene rings is 2. The molecule has 1 aromatic heterocycles. The molecule has 2 aromatic carbocycles. The van der Waals surface area contributed by atoms with E-state index in [1.54, 1.807) is 4.68 Å². The number of Topliss-reactive ketones (excluding diaryl/α,β-unsaturated/α-hetero) is 1. The standard InChI is InChI=1S/C17H15N3O/c1-13(21)16-17(15-10-6-3-7-11-15)20(19-18-16)12-14-8-4-2-5-9-14/h2-11H,12H2,1H3. The third-order valence-corrected chi connectivity index (χ3v) is 3.29. The van der Waals surface area contributed by atoms with Gasteiger partial charge in [-0.25, -0.2) is 4.68 Å². The average molecular weight is 277 g/mol. The monoisotopic (exact) mass is 277 g/mol. The smallest absolute Gasteiger partial charge is 0.182 e. The minimum absolute atomic E-state index is 0.0758. The fraction of sp³-hybridized carbons (Fsp3) is 0.118. The molecule has 0 bridgehead atoms. The molecule has 21 heavy (non-hydrogen) atoms. The number of rotatable bonds is 4. The van der Waals surface area contributed by atoms with Crippen LogP contribution >= 0.6 is 0 Å². The van der Waals surface area contributed by atoms with Crippen LogP contribution in [-0.4, -0.2) is 20.8 Å². The zero-order chi connectivity index (χ0) is 14.7. The summed E-state index contributed by atoms with van der Waals surface area (Å²) in [4.78, 5) is 11.8. The molecule has 0 aliphatic rings. The predicted octanol–water partition coefficient (Wildman–Crippen LogP) is 3.20. The number of aromatic nitrogens is 3. The van der Waals surface area contributed by atoms with Crippen LogP contribution in [0.4, 0.5) is 0 Å². The van der Waals surface area contributed by atoms with Gasteiger partial charge < -0.3 is 0 Å². The first-order chi connectivity index (χ1) is 10.3. The lowest BCUT2D eigenvalue weighted by molar-refractivity contribution is 0.101. The molecule has 4 nitrogen and oxygen atoms in total. The van der Waals surface area contributed by atoms with Gasteiger partial charge in [-0.1, -0.05) is 65.9 Å². The zero-order valence-electron chi connectivity index (χ0n) is 11.7. The van der Waals surface area contributed by atoms with Crippen LogP contribution in [0.3, 0.4) is 0 Å². The maximum Gasteiger partial charge on any atom is 0.182 e. The Balaban J connectivity index is 2.07. The maximum atomic E-state index is 11.8. The second kappa shape index (κ2) is 5.71. The van der Waals surface area contributed by atoms with E-state index >= 15 is 0 Å². The highest BCUT2D eigenvalue weighted by Crippen LogP contribution is 2.23. The van der Waals surface area contributed by atoms with E-state index in [2.05, 4.69) is 10.3 Å². The van der Waals surface area contributed by atoms with Crippen molar-refractivity contribution in [1.82, 2.24) is 15.0 Å². The van der Waals surface area contributed by atoms with E-state index < -0.39 is 0 Å². The normalized spacial score (nSPS) is 10.5. The van der Waals surface area contributed by atoms with Crippen LogP contribution in [0.5, 0.6) is 0 Å². The van der Waals surface area contributed by atoms with Gasteiger partial charge in [-0.2, -0.15) is 0 Å². The van der Waals surface area contributed by atoms with Gasteiger partial charge in [0.05, 0.1) is 12.2 Å². The molecule has 0 spiro atoms. The lowest BCUT2D eigenvalue weighted by atomic mass is 10.1. The fourth-order valence-corrected chi connectivity index (χ4v) is 2.30. The zero-order valence-corrected chi connectivity index (χ0v) is 11.7. The van der Waals surface area contributed by atoms with E-state index in [4.69, 9.17) is 0 Å². The fourth-order valence-electron chi connectivity index (χ4n) is 2.30. The van der Waals surface area contributed by atoms with E-state index in [-0.39, 0.29) is 5.78 Å². The molecule has 0 atom stereocenters. The van der Waals surface area contributed by atoms with Crippen LogP contribution in [0, 0.1) is 0 Å². The quantitative estimate of drug-likeness (QED) is 0.688. The molecule has 3 aromatic rings. The van der Waals surface area contributed by atoms with Crippen LogP contribution in [0.25, 0.3) is 11.3 Å². The molecule has 0 unspecified atom stereocenters. The van der Waals surface area contributed by atoms with E-state index in [1.807, 2.05) is 60.7 Å². The minimum atomic E-state index is -0.0758. The van der Waals surface area contributed by atoms with Crippen LogP contribution in [-0.2, 0) is 6.54 Å². The van der Waals surface area contributed by atoms with Gasteiger partial charge in [-0.05, 0) is 5.56 Å². The summed E-state index contributed by atoms with van der Waals surface area (Å²) in [7, 11) is 0. The van der Waals surface area contributed by atoms with Crippen LogP contribution in [0.1, 0.15) is 23.0 Å². The van der Waals surface area contributed by atoms with Crippen molar-refractivity contribution in [3.63, 3.8) is 0 Å². The highest BCUT2D eigenvalue weighted by atomic mass is 16.1. The minimum Gasteiger partial charge on any atom is -0.293 e. The molecular formula is C17H15N3O. The topological polar surface area (TPSA) is 47.8 Å². The Bertz CT molecular complexity index is 748. The summed E-state index contributed by atoms with van der Waals surface area (Å²) < 4.78 is 1.78. The van der Waals surface area contributed by atoms with Gasteiger partial charge in [0.25, 0.3) is 0 Å². The van der Waals surface area contributed by atoms with Gasteiger partial charge in [0.15, 0.2) is 11.5 Å². The van der Waals surface area contributed by atoms with Crippen LogP contribution in [0.15, 0.2) is 60.7 Å². The van der Waals surface area contributed by atoms with Gasteiger partial charge in [-0.15, -0.1) is 5.10 Å². The van der Waals surface area contributed by atoms with Gasteiger partial charge in [0.2, 0.25) is 0 Å². The first kappa shape index (κ1) is 13.2. The predicted molar refractivity (Wildman–Crippen MR) is 81.0 cm³/mol. The van der Waals surface area contributed by atoms with Crippen molar-refractivity contribution in [2.24, 2.45) is 0 Å². The molecule has 0 amide bonds. The Morgan fingerprint density at radius 1 is 1.00 bits per heavy atom. The average Bonchev–Trinajstić information content (AvgIpc) is 2.93. The number of carbonyl (C=O) groups excluding carboxylic acids is 1. The van der Waals surface area contributed by atoms with Crippen molar-refractivity contribution in [1.29, 1.82) is 0 Å². The molecular weight excluding hydrogens is 262 g/mol. The summed E-state index contributed by atoms with van der Waals surface area (Å²) >= 11 is 0. The summed E-state index contributed by atoms with van der Waals surface area (Å²) in [6.07, 6.45) is 0. The number of hydrogen-bond acceptors (Lipinski definition) is 3. The molecule has 0 saturated carbocycles. The molecule has 0 aliphatic heterocycles. The van der Waals surface area contributed by atoms with Gasteiger partial charge in [0.1, 0.15) is 0 Å². The summed E-state index contributed by atoms with van der Waals surface area (Å²) in [5.74, 6) is -0.0758. The SMILES string of the molecule is CC(=O)c1nnn(Cc2ccccc2)c1-c1ccccc1. The van der Waals surface area contributed by atoms with Crippen molar-refractivity contribution in [3.8, 4) is 11.3 Å². The lowest BCUT2D eigenvalue weighted by Crippen LogP contribution is -2.05. The summed E-state index contributed by atoms with van der Waals surface area (Å²) in [6.45, 7) is 2.11. The second-order valence-corrected chi connectivity index (χ2v) is 4.85. The molecule has 104 valence electrons. The number of ketones is 1. The van der Waals surface area contributed by atoms with Crippen molar-refractivity contribution < 1.29 is 4.79 Å². The Kier molecular flexibility index (Phi) is 3.60. The van der Waals surface area contributed by atoms with Crippen molar-refractivity contribution >= 4 is 5.78 Å². The van der Waals surface area contributed by atoms with E-state index in [1.165, 1.54) is 6.92 Å². The largest absolute Gasteiger partial charge is 0.293 e. The van der Waals surface area contributed by atoms with Crippen molar-refractivity contribution in [2.45, 2.75) is 13.5 Å². The molecule has 4 heteroatoms. The molecule has 3 rings (SSSR count). The first-order valence-electron chi connectivity index (χ1n) is 6.79. The number of nitrogens with zero attached hydrogens (tertiary/aromatic N) is 3. The number of carbonyl (C=O) groups is 1. The van der Waals surface area contributed by atoms with Crippen LogP contribution in [0.2, 0.25) is 0 Å². The summed E-state index contributed by atoms with van der Waals surface area (Å²) in [5.41, 5.74) is 3.25. The Morgan fingerprint density at radius 2 is 1.62 bits per heavy atom. The van der Waals surface area contributed by atoms with Crippen LogP contribution < -0.4 is 0 Å². The maximum absolute atomic E-state index is 11.8. The van der Waals surface area contributed by atoms with Gasteiger partial charge in [0, 0.05) is 12.5 Å². The molecule has 0 fully saturated rings. The van der Waals surface area contributed by atoms with Gasteiger partial charge >= 0.3 is 0 Å². The Morgan fingerprint density at radius 3 is 2.24 bits per heavy atom. The third-order valence-electron chi connectivity index (χ3n) is 3.29. The number of hydrogen-bond donors (Lipinski definition) is 0. The molecule has 1 heterocycles. The Hall–Kier alpha value is -2.75. The van der Waals surface area contributed by atoms with E-state index in [9.17, 15) is 4.79 Å². The van der Waals surface area contributed by atoms with Crippen molar-refractivity contribution in [2.75, 3.05) is 0 Å². The lowest BCUT2D eigenvalue weighted by Gasteiger charge is -2.07. The molecule has 0 aliphatic carbocycles. The second-order valence-electron chi connectivity index (χ2n) is 4.85. The van der Waals surface area contributed by atoms with Crippen molar-refractivity contribution in [3.05, 3.63) is 71.9 Å². The summed E-state index contributed by atoms with van der Waals surface area (Å²) in [6, 6.07) is 19.8. The van der Waals surface area contributed by atoms with E-state index in [0.29, 0.717) is 12.2 Å². The first-order valence-corrected chi connectivity index (χ1v) is 6.79. The Labute approximate surface area is 123 Å².